The van der Waals surface area contributed by atoms with Gasteiger partial charge in [-0.05, 0) is 0 Å². The zero-order valence-electron chi connectivity index (χ0n) is 20.3. The molecule has 0 atom stereocenters. The number of halogens is 1. The molecule has 0 aliphatic heterocycles. The summed E-state index contributed by atoms with van der Waals surface area (Å²) in [6.07, 6.45) is 0. The van der Waals surface area contributed by atoms with Crippen LogP contribution in [0.2, 0.25) is 0 Å². The molecule has 0 bridgehead atoms. The molecule has 0 unspecified atom stereocenters. The van der Waals surface area contributed by atoms with Crippen molar-refractivity contribution in [2.24, 2.45) is 14.1 Å². The van der Waals surface area contributed by atoms with E-state index in [0.717, 1.165) is 13.1 Å². The van der Waals surface area contributed by atoms with Crippen LogP contribution >= 0.6 is 13.0 Å². The molecule has 2 heterocycles. The van der Waals surface area contributed by atoms with Crippen molar-refractivity contribution in [3.05, 3.63) is 128 Å². The first kappa shape index (κ1) is 23.4. The van der Waals surface area contributed by atoms with Crippen LogP contribution < -0.4 is 0 Å². The number of hydrogen-bond donors (Lipinski definition) is 0. The predicted molar refractivity (Wildman–Crippen MR) is 148 cm³/mol. The first-order valence-corrected chi connectivity index (χ1v) is 16.8. The summed E-state index contributed by atoms with van der Waals surface area (Å²) in [5.74, 6) is 0. The van der Waals surface area contributed by atoms with Gasteiger partial charge < -0.3 is 0 Å². The van der Waals surface area contributed by atoms with Crippen molar-refractivity contribution < 1.29 is 15.4 Å². The first-order valence-electron chi connectivity index (χ1n) is 11.9. The van der Waals surface area contributed by atoms with Gasteiger partial charge in [-0.25, -0.2) is 0 Å². The van der Waals surface area contributed by atoms with Crippen molar-refractivity contribution in [2.75, 3.05) is 0 Å². The molecule has 2 aromatic heterocycles. The molecule has 0 fully saturated rings. The van der Waals surface area contributed by atoms with E-state index >= 15 is 0 Å². The fourth-order valence-corrected chi connectivity index (χ4v) is 11.1. The SMILES string of the molecule is Cn1/[c](=[Ag](/[Br])=[c]2/n(C)c3ccccc3n2Cc2ccccc2)n(Cc2ccccc2)c2ccccc21. The van der Waals surface area contributed by atoms with Gasteiger partial charge in [-0.15, -0.1) is 0 Å². The van der Waals surface area contributed by atoms with Crippen molar-refractivity contribution in [3.8, 4) is 0 Å². The summed E-state index contributed by atoms with van der Waals surface area (Å²) in [4.78, 5) is 0. The second-order valence-corrected chi connectivity index (χ2v) is 14.0. The van der Waals surface area contributed by atoms with Crippen molar-refractivity contribution in [1.29, 1.82) is 0 Å². The van der Waals surface area contributed by atoms with E-state index in [1.54, 1.807) is 0 Å². The third kappa shape index (κ3) is 4.06. The average molecular weight is 632 g/mol. The molecule has 0 aliphatic rings. The van der Waals surface area contributed by atoms with Crippen molar-refractivity contribution in [1.82, 2.24) is 18.3 Å². The Labute approximate surface area is 222 Å². The van der Waals surface area contributed by atoms with Crippen LogP contribution in [0.15, 0.2) is 109 Å². The summed E-state index contributed by atoms with van der Waals surface area (Å²) in [6, 6.07) is 39.0. The Hall–Kier alpha value is -2.96. The number of rotatable bonds is 4. The van der Waals surface area contributed by atoms with E-state index in [4.69, 9.17) is 0 Å². The molecule has 0 amide bonds. The molecular weight excluding hydrogens is 604 g/mol. The van der Waals surface area contributed by atoms with E-state index in [1.807, 2.05) is 0 Å². The number of fused-ring (bicyclic) bond motifs is 2. The number of benzene rings is 4. The molecule has 0 saturated carbocycles. The minimum absolute atomic E-state index is 0.834. The number of imidazole rings is 2. The Bertz CT molecular complexity index is 1730. The Kier molecular flexibility index (Phi) is 6.40. The van der Waals surface area contributed by atoms with Gasteiger partial charge >= 0.3 is 223 Å². The number of aryl methyl sites for hydroxylation is 2. The molecule has 186 valence electrons. The predicted octanol–water partition coefficient (Wildman–Crippen LogP) is 7.06. The molecule has 36 heavy (non-hydrogen) atoms. The maximum atomic E-state index is 4.30. The van der Waals surface area contributed by atoms with Crippen LogP contribution in [-0.2, 0) is 42.6 Å². The fourth-order valence-electron chi connectivity index (χ4n) is 4.88. The van der Waals surface area contributed by atoms with Crippen LogP contribution in [0.25, 0.3) is 22.1 Å². The molecular formula is C30H28AgBrN4. The molecule has 0 radical (unpaired) electrons. The van der Waals surface area contributed by atoms with Crippen LogP contribution in [0, 0.1) is 7.26 Å². The first-order chi connectivity index (χ1) is 17.6. The average Bonchev–Trinajstić information content (AvgIpc) is 3.36. The van der Waals surface area contributed by atoms with E-state index in [2.05, 4.69) is 155 Å². The van der Waals surface area contributed by atoms with Gasteiger partial charge in [0.05, 0.1) is 0 Å². The zero-order valence-corrected chi connectivity index (χ0v) is 23.3. The number of para-hydroxylation sites is 4. The maximum absolute atomic E-state index is 4.30. The molecule has 0 aliphatic carbocycles. The number of nitrogens with zero attached hydrogens (tertiary/aromatic N) is 4. The summed E-state index contributed by atoms with van der Waals surface area (Å²) >= 11 is 2.92. The molecule has 6 aromatic rings. The summed E-state index contributed by atoms with van der Waals surface area (Å²) in [6.45, 7) is 1.67. The molecule has 4 nitrogen and oxygen atoms in total. The van der Waals surface area contributed by atoms with Crippen molar-refractivity contribution >= 4 is 35.1 Å². The topological polar surface area (TPSA) is 19.7 Å². The van der Waals surface area contributed by atoms with Gasteiger partial charge in [-0.2, -0.15) is 0 Å². The molecule has 4 aromatic carbocycles. The van der Waals surface area contributed by atoms with Gasteiger partial charge in [-0.1, -0.05) is 0 Å². The normalized spacial score (nSPS) is 13.9. The third-order valence-electron chi connectivity index (χ3n) is 6.58. The monoisotopic (exact) mass is 630 g/mol. The van der Waals surface area contributed by atoms with Gasteiger partial charge in [0, 0.05) is 0 Å². The quantitative estimate of drug-likeness (QED) is 0.186. The van der Waals surface area contributed by atoms with Crippen molar-refractivity contribution in [2.45, 2.75) is 13.1 Å². The van der Waals surface area contributed by atoms with E-state index < -0.39 is 15.4 Å². The standard InChI is InChI=1S/2C15H14N2.Ag.BrH/c2*1-16-12-17(11-13-7-3-2-4-8-13)15-10-6-5-9-14(15)16;;/h2*2-10H,11H2,1H3;;1H/q;;+1;/p-1. The molecule has 6 heteroatoms. The van der Waals surface area contributed by atoms with E-state index in [-0.39, 0.29) is 0 Å². The van der Waals surface area contributed by atoms with Crippen LogP contribution in [0.4, 0.5) is 0 Å². The Morgan fingerprint density at radius 3 is 1.22 bits per heavy atom. The second kappa shape index (κ2) is 9.83. The van der Waals surface area contributed by atoms with Gasteiger partial charge in [0.2, 0.25) is 0 Å². The van der Waals surface area contributed by atoms with Gasteiger partial charge in [0.15, 0.2) is 0 Å². The summed E-state index contributed by atoms with van der Waals surface area (Å²) in [5, 5.41) is 0. The Morgan fingerprint density at radius 1 is 0.500 bits per heavy atom. The van der Waals surface area contributed by atoms with Crippen LogP contribution in [-0.4, -0.2) is 18.3 Å². The molecule has 6 rings (SSSR count). The summed E-state index contributed by atoms with van der Waals surface area (Å²) in [5.41, 5.74) is 7.62. The summed E-state index contributed by atoms with van der Waals surface area (Å²) < 4.78 is 12.4. The Morgan fingerprint density at radius 2 is 0.833 bits per heavy atom. The van der Waals surface area contributed by atoms with Crippen molar-refractivity contribution in [3.63, 3.8) is 0 Å². The van der Waals surface area contributed by atoms with E-state index in [9.17, 15) is 0 Å². The number of aromatic nitrogens is 4. The van der Waals surface area contributed by atoms with E-state index in [1.165, 1.54) is 40.5 Å². The Balaban J connectivity index is 1.79. The summed E-state index contributed by atoms with van der Waals surface area (Å²) in [7, 11) is 4.41. The molecule has 0 N–H and O–H groups in total. The van der Waals surface area contributed by atoms with Gasteiger partial charge in [0.1, 0.15) is 0 Å². The van der Waals surface area contributed by atoms with Gasteiger partial charge in [0.25, 0.3) is 0 Å². The van der Waals surface area contributed by atoms with E-state index in [0.29, 0.717) is 0 Å². The molecule has 0 spiro atoms. The van der Waals surface area contributed by atoms with Crippen LogP contribution in [0.5, 0.6) is 0 Å². The number of hydrogen-bond acceptors (Lipinski definition) is 0. The second-order valence-electron chi connectivity index (χ2n) is 8.90. The van der Waals surface area contributed by atoms with Crippen LogP contribution in [0.3, 0.4) is 0 Å². The molecule has 0 saturated heterocycles. The minimum atomic E-state index is -1.38. The fraction of sp³-hybridized carbons (Fsp3) is 0.133. The van der Waals surface area contributed by atoms with Crippen LogP contribution in [0.1, 0.15) is 11.1 Å². The van der Waals surface area contributed by atoms with Gasteiger partial charge in [-0.3, -0.25) is 0 Å². The third-order valence-corrected chi connectivity index (χ3v) is 12.1. The zero-order chi connectivity index (χ0) is 24.6.